The smallest absolute Gasteiger partial charge is 0.309 e. The van der Waals surface area contributed by atoms with Crippen molar-refractivity contribution in [3.05, 3.63) is 35.4 Å². The Morgan fingerprint density at radius 2 is 1.89 bits per heavy atom. The molecule has 0 saturated heterocycles. The molecule has 1 N–H and O–H groups in total. The lowest BCUT2D eigenvalue weighted by molar-refractivity contribution is -0.148. The molecule has 3 heteroatoms. The largest absolute Gasteiger partial charge is 0.466 e. The van der Waals surface area contributed by atoms with Gasteiger partial charge in [0.1, 0.15) is 0 Å². The van der Waals surface area contributed by atoms with E-state index < -0.39 is 5.60 Å². The van der Waals surface area contributed by atoms with Gasteiger partial charge < -0.3 is 9.84 Å². The second-order valence-electron chi connectivity index (χ2n) is 5.03. The van der Waals surface area contributed by atoms with Crippen LogP contribution >= 0.6 is 0 Å². The highest BCUT2D eigenvalue weighted by molar-refractivity contribution is 5.71. The maximum atomic E-state index is 11.4. The van der Waals surface area contributed by atoms with Crippen LogP contribution in [-0.4, -0.2) is 17.7 Å². The number of aliphatic hydroxyl groups is 1. The number of benzene rings is 1. The lowest BCUT2D eigenvalue weighted by Crippen LogP contribution is -2.26. The molecule has 0 spiro atoms. The van der Waals surface area contributed by atoms with Crippen LogP contribution < -0.4 is 0 Å². The molecule has 0 aliphatic carbocycles. The topological polar surface area (TPSA) is 46.5 Å². The molecule has 0 saturated carbocycles. The van der Waals surface area contributed by atoms with Gasteiger partial charge in [0.05, 0.1) is 18.6 Å². The fourth-order valence-electron chi connectivity index (χ4n) is 1.82. The van der Waals surface area contributed by atoms with Gasteiger partial charge in [-0.05, 0) is 30.9 Å². The minimum absolute atomic E-state index is 0.0259. The van der Waals surface area contributed by atoms with Crippen molar-refractivity contribution < 1.29 is 14.6 Å². The summed E-state index contributed by atoms with van der Waals surface area (Å²) in [5.41, 5.74) is 0.771. The highest BCUT2D eigenvalue weighted by Crippen LogP contribution is 2.26. The van der Waals surface area contributed by atoms with Gasteiger partial charge in [0.15, 0.2) is 0 Å². The second kappa shape index (κ2) is 6.01. The molecule has 0 aliphatic rings. The van der Waals surface area contributed by atoms with E-state index in [1.165, 1.54) is 5.56 Å². The van der Waals surface area contributed by atoms with Crippen molar-refractivity contribution in [1.82, 2.24) is 0 Å². The zero-order valence-corrected chi connectivity index (χ0v) is 11.6. The van der Waals surface area contributed by atoms with Gasteiger partial charge in [-0.2, -0.15) is 0 Å². The number of carbonyl (C=O) groups excluding carboxylic acids is 1. The van der Waals surface area contributed by atoms with Crippen molar-refractivity contribution in [1.29, 1.82) is 0 Å². The summed E-state index contributed by atoms with van der Waals surface area (Å²) in [6.45, 7) is 7.96. The Bertz CT molecular complexity index is 391. The summed E-state index contributed by atoms with van der Waals surface area (Å²) in [4.78, 5) is 11.4. The molecule has 0 aromatic heterocycles. The summed E-state index contributed by atoms with van der Waals surface area (Å²) in [6, 6.07) is 7.71. The summed E-state index contributed by atoms with van der Waals surface area (Å²) < 4.78 is 4.86. The average molecular weight is 250 g/mol. The molecular formula is C15H22O3. The molecule has 0 radical (unpaired) electrons. The Kier molecular flexibility index (Phi) is 4.91. The van der Waals surface area contributed by atoms with Crippen LogP contribution in [0.4, 0.5) is 0 Å². The molecule has 1 unspecified atom stereocenters. The molecule has 0 heterocycles. The summed E-state index contributed by atoms with van der Waals surface area (Å²) in [5.74, 6) is 0.0736. The predicted octanol–water partition coefficient (Wildman–Crippen LogP) is 2.97. The van der Waals surface area contributed by atoms with Crippen LogP contribution in [0.15, 0.2) is 24.3 Å². The van der Waals surface area contributed by atoms with Crippen molar-refractivity contribution in [2.45, 2.75) is 45.6 Å². The Morgan fingerprint density at radius 3 is 2.33 bits per heavy atom. The minimum Gasteiger partial charge on any atom is -0.466 e. The van der Waals surface area contributed by atoms with Crippen LogP contribution in [0, 0.1) is 0 Å². The quantitative estimate of drug-likeness (QED) is 0.817. The van der Waals surface area contributed by atoms with E-state index >= 15 is 0 Å². The van der Waals surface area contributed by atoms with Crippen molar-refractivity contribution in [3.8, 4) is 0 Å². The summed E-state index contributed by atoms with van der Waals surface area (Å²) in [5, 5.41) is 10.3. The number of carbonyl (C=O) groups is 1. The van der Waals surface area contributed by atoms with E-state index in [1.807, 2.05) is 24.3 Å². The Balaban J connectivity index is 2.81. The number of hydrogen-bond acceptors (Lipinski definition) is 3. The summed E-state index contributed by atoms with van der Waals surface area (Å²) in [6.07, 6.45) is -0.0259. The third-order valence-corrected chi connectivity index (χ3v) is 2.99. The van der Waals surface area contributed by atoms with Gasteiger partial charge in [-0.25, -0.2) is 0 Å². The molecule has 0 fully saturated rings. The Labute approximate surface area is 109 Å². The normalized spacial score (nSPS) is 14.3. The molecular weight excluding hydrogens is 228 g/mol. The number of rotatable bonds is 5. The van der Waals surface area contributed by atoms with E-state index in [9.17, 15) is 9.90 Å². The standard InChI is InChI=1S/C15H22O3/c1-5-18-14(16)10-15(4,17)13-8-6-12(7-9-13)11(2)3/h6-9,11,17H,5,10H2,1-4H3. The third-order valence-electron chi connectivity index (χ3n) is 2.99. The van der Waals surface area contributed by atoms with Crippen LogP contribution in [0.25, 0.3) is 0 Å². The Morgan fingerprint density at radius 1 is 1.33 bits per heavy atom. The molecule has 0 amide bonds. The molecule has 18 heavy (non-hydrogen) atoms. The first-order chi connectivity index (χ1) is 8.36. The molecule has 100 valence electrons. The van der Waals surface area contributed by atoms with Crippen LogP contribution in [0.5, 0.6) is 0 Å². The molecule has 1 atom stereocenters. The van der Waals surface area contributed by atoms with Gasteiger partial charge in [0.2, 0.25) is 0 Å². The van der Waals surface area contributed by atoms with Gasteiger partial charge in [-0.1, -0.05) is 38.1 Å². The monoisotopic (exact) mass is 250 g/mol. The first-order valence-corrected chi connectivity index (χ1v) is 6.35. The summed E-state index contributed by atoms with van der Waals surface area (Å²) in [7, 11) is 0. The van der Waals surface area contributed by atoms with Crippen molar-refractivity contribution in [3.63, 3.8) is 0 Å². The molecule has 0 aliphatic heterocycles. The lowest BCUT2D eigenvalue weighted by atomic mass is 9.90. The third kappa shape index (κ3) is 3.84. The van der Waals surface area contributed by atoms with Crippen LogP contribution in [-0.2, 0) is 15.1 Å². The maximum Gasteiger partial charge on any atom is 0.309 e. The van der Waals surface area contributed by atoms with E-state index in [1.54, 1.807) is 13.8 Å². The van der Waals surface area contributed by atoms with Gasteiger partial charge in [0, 0.05) is 0 Å². The predicted molar refractivity (Wildman–Crippen MR) is 71.4 cm³/mol. The van der Waals surface area contributed by atoms with E-state index in [0.29, 0.717) is 12.5 Å². The molecule has 1 rings (SSSR count). The second-order valence-corrected chi connectivity index (χ2v) is 5.03. The molecule has 1 aromatic carbocycles. The van der Waals surface area contributed by atoms with Gasteiger partial charge in [-0.15, -0.1) is 0 Å². The van der Waals surface area contributed by atoms with E-state index in [0.717, 1.165) is 5.56 Å². The van der Waals surface area contributed by atoms with Gasteiger partial charge in [0.25, 0.3) is 0 Å². The van der Waals surface area contributed by atoms with Crippen LogP contribution in [0.2, 0.25) is 0 Å². The fourth-order valence-corrected chi connectivity index (χ4v) is 1.82. The number of esters is 1. The van der Waals surface area contributed by atoms with Crippen LogP contribution in [0.1, 0.15) is 51.2 Å². The minimum atomic E-state index is -1.18. The average Bonchev–Trinajstić information content (AvgIpc) is 2.28. The SMILES string of the molecule is CCOC(=O)CC(C)(O)c1ccc(C(C)C)cc1. The van der Waals surface area contributed by atoms with Crippen molar-refractivity contribution in [2.75, 3.05) is 6.61 Å². The first kappa shape index (κ1) is 14.7. The lowest BCUT2D eigenvalue weighted by Gasteiger charge is -2.23. The molecule has 1 aromatic rings. The zero-order valence-electron chi connectivity index (χ0n) is 11.6. The van der Waals surface area contributed by atoms with E-state index in [2.05, 4.69) is 13.8 Å². The maximum absolute atomic E-state index is 11.4. The Hall–Kier alpha value is -1.35. The van der Waals surface area contributed by atoms with Crippen molar-refractivity contribution >= 4 is 5.97 Å². The zero-order chi connectivity index (χ0) is 13.8. The summed E-state index contributed by atoms with van der Waals surface area (Å²) >= 11 is 0. The van der Waals surface area contributed by atoms with Crippen molar-refractivity contribution in [2.24, 2.45) is 0 Å². The first-order valence-electron chi connectivity index (χ1n) is 6.35. The van der Waals surface area contributed by atoms with Gasteiger partial charge >= 0.3 is 5.97 Å². The fraction of sp³-hybridized carbons (Fsp3) is 0.533. The molecule has 3 nitrogen and oxygen atoms in total. The highest BCUT2D eigenvalue weighted by Gasteiger charge is 2.27. The highest BCUT2D eigenvalue weighted by atomic mass is 16.5. The van der Waals surface area contributed by atoms with Crippen LogP contribution in [0.3, 0.4) is 0 Å². The molecule has 0 bridgehead atoms. The van der Waals surface area contributed by atoms with Gasteiger partial charge in [-0.3, -0.25) is 4.79 Å². The number of ether oxygens (including phenoxy) is 1. The number of hydrogen-bond donors (Lipinski definition) is 1. The van der Waals surface area contributed by atoms with E-state index in [-0.39, 0.29) is 12.4 Å². The van der Waals surface area contributed by atoms with E-state index in [4.69, 9.17) is 4.74 Å².